The molecule has 0 aliphatic heterocycles. The van der Waals surface area contributed by atoms with Crippen molar-refractivity contribution in [1.82, 2.24) is 10.5 Å². The van der Waals surface area contributed by atoms with E-state index in [-0.39, 0.29) is 23.1 Å². The fraction of sp³-hybridized carbons (Fsp3) is 0.412. The van der Waals surface area contributed by atoms with Gasteiger partial charge in [-0.2, -0.15) is 13.2 Å². The van der Waals surface area contributed by atoms with Crippen LogP contribution >= 0.6 is 0 Å². The van der Waals surface area contributed by atoms with Gasteiger partial charge in [0.1, 0.15) is 0 Å². The minimum atomic E-state index is -4.44. The van der Waals surface area contributed by atoms with Crippen LogP contribution in [0.1, 0.15) is 47.3 Å². The van der Waals surface area contributed by atoms with Crippen LogP contribution in [0, 0.1) is 0 Å². The number of aliphatic hydroxyl groups excluding tert-OH is 1. The Morgan fingerprint density at radius 2 is 1.88 bits per heavy atom. The third kappa shape index (κ3) is 3.68. The first-order valence-corrected chi connectivity index (χ1v) is 7.98. The SMILES string of the molecule is O=C(NC1CCCC1)c1noc(-c2ccc(C(F)(F)F)cc2)c1CO. The van der Waals surface area contributed by atoms with Gasteiger partial charge in [-0.15, -0.1) is 0 Å². The minimum Gasteiger partial charge on any atom is -0.391 e. The molecule has 25 heavy (non-hydrogen) atoms. The Bertz CT molecular complexity index is 747. The van der Waals surface area contributed by atoms with Crippen molar-refractivity contribution < 1.29 is 27.6 Å². The molecule has 2 N–H and O–H groups in total. The summed E-state index contributed by atoms with van der Waals surface area (Å²) in [4.78, 5) is 12.3. The average Bonchev–Trinajstić information content (AvgIpc) is 3.22. The molecule has 1 aromatic carbocycles. The summed E-state index contributed by atoms with van der Waals surface area (Å²) in [5.74, 6) is -0.356. The summed E-state index contributed by atoms with van der Waals surface area (Å²) in [6, 6.07) is 4.35. The van der Waals surface area contributed by atoms with Crippen molar-refractivity contribution in [3.63, 3.8) is 0 Å². The molecule has 1 heterocycles. The number of aliphatic hydroxyl groups is 1. The standard InChI is InChI=1S/C17H17F3N2O3/c18-17(19,20)11-7-5-10(6-8-11)15-13(9-23)14(22-25-15)16(24)21-12-3-1-2-4-12/h5-8,12,23H,1-4,9H2,(H,21,24). The lowest BCUT2D eigenvalue weighted by Crippen LogP contribution is -2.33. The van der Waals surface area contributed by atoms with Gasteiger partial charge in [-0.3, -0.25) is 4.79 Å². The summed E-state index contributed by atoms with van der Waals surface area (Å²) >= 11 is 0. The number of hydrogen-bond acceptors (Lipinski definition) is 4. The van der Waals surface area contributed by atoms with E-state index >= 15 is 0 Å². The fourth-order valence-electron chi connectivity index (χ4n) is 3.00. The van der Waals surface area contributed by atoms with Gasteiger partial charge in [-0.25, -0.2) is 0 Å². The van der Waals surface area contributed by atoms with Crippen LogP contribution in [0.5, 0.6) is 0 Å². The highest BCUT2D eigenvalue weighted by Crippen LogP contribution is 2.32. The highest BCUT2D eigenvalue weighted by Gasteiger charge is 2.31. The van der Waals surface area contributed by atoms with Crippen molar-refractivity contribution in [1.29, 1.82) is 0 Å². The summed E-state index contributed by atoms with van der Waals surface area (Å²) in [5, 5.41) is 16.1. The smallest absolute Gasteiger partial charge is 0.391 e. The molecule has 0 atom stereocenters. The highest BCUT2D eigenvalue weighted by molar-refractivity contribution is 5.95. The lowest BCUT2D eigenvalue weighted by molar-refractivity contribution is -0.137. The van der Waals surface area contributed by atoms with Crippen molar-refractivity contribution in [2.75, 3.05) is 0 Å². The number of hydrogen-bond donors (Lipinski definition) is 2. The van der Waals surface area contributed by atoms with Crippen LogP contribution in [-0.2, 0) is 12.8 Å². The summed E-state index contributed by atoms with van der Waals surface area (Å²) in [6.07, 6.45) is -0.555. The second kappa shape index (κ2) is 6.87. The van der Waals surface area contributed by atoms with Gasteiger partial charge in [0.05, 0.1) is 17.7 Å². The van der Waals surface area contributed by atoms with E-state index in [1.54, 1.807) is 0 Å². The quantitative estimate of drug-likeness (QED) is 0.881. The Morgan fingerprint density at radius 3 is 2.44 bits per heavy atom. The van der Waals surface area contributed by atoms with Gasteiger partial charge in [0, 0.05) is 11.6 Å². The van der Waals surface area contributed by atoms with E-state index in [1.165, 1.54) is 12.1 Å². The average molecular weight is 354 g/mol. The predicted molar refractivity (Wildman–Crippen MR) is 82.6 cm³/mol. The Kier molecular flexibility index (Phi) is 4.80. The first kappa shape index (κ1) is 17.5. The highest BCUT2D eigenvalue weighted by atomic mass is 19.4. The number of nitrogens with one attached hydrogen (secondary N) is 1. The molecular formula is C17H17F3N2O3. The lowest BCUT2D eigenvalue weighted by Gasteiger charge is -2.10. The van der Waals surface area contributed by atoms with Crippen molar-refractivity contribution in [2.45, 2.75) is 44.5 Å². The third-order valence-corrected chi connectivity index (χ3v) is 4.33. The van der Waals surface area contributed by atoms with Crippen molar-refractivity contribution in [3.05, 3.63) is 41.1 Å². The largest absolute Gasteiger partial charge is 0.416 e. The molecule has 1 aliphatic rings. The lowest BCUT2D eigenvalue weighted by atomic mass is 10.0. The molecule has 0 bridgehead atoms. The molecular weight excluding hydrogens is 337 g/mol. The van der Waals surface area contributed by atoms with E-state index in [2.05, 4.69) is 10.5 Å². The maximum atomic E-state index is 12.6. The summed E-state index contributed by atoms with van der Waals surface area (Å²) in [6.45, 7) is -0.507. The summed E-state index contributed by atoms with van der Waals surface area (Å²) in [5.41, 5.74) is -0.357. The summed E-state index contributed by atoms with van der Waals surface area (Å²) < 4.78 is 43.1. The Hall–Kier alpha value is -2.35. The molecule has 0 spiro atoms. The Labute approximate surface area is 141 Å². The first-order chi connectivity index (χ1) is 11.9. The zero-order chi connectivity index (χ0) is 18.0. The van der Waals surface area contributed by atoms with Crippen LogP contribution in [0.25, 0.3) is 11.3 Å². The van der Waals surface area contributed by atoms with Crippen molar-refractivity contribution >= 4 is 5.91 Å². The minimum absolute atomic E-state index is 0.0377. The maximum absolute atomic E-state index is 12.6. The Morgan fingerprint density at radius 1 is 1.24 bits per heavy atom. The molecule has 0 unspecified atom stereocenters. The van der Waals surface area contributed by atoms with Crippen LogP contribution in [0.15, 0.2) is 28.8 Å². The third-order valence-electron chi connectivity index (χ3n) is 4.33. The van der Waals surface area contributed by atoms with Gasteiger partial charge in [-0.05, 0) is 25.0 Å². The number of rotatable bonds is 4. The molecule has 1 saturated carbocycles. The second-order valence-corrected chi connectivity index (χ2v) is 6.03. The number of amides is 1. The molecule has 134 valence electrons. The van der Waals surface area contributed by atoms with Crippen LogP contribution < -0.4 is 5.32 Å². The summed E-state index contributed by atoms with van der Waals surface area (Å²) in [7, 11) is 0. The van der Waals surface area contributed by atoms with E-state index in [1.807, 2.05) is 0 Å². The number of halogens is 3. The van der Waals surface area contributed by atoms with E-state index in [0.717, 1.165) is 37.8 Å². The van der Waals surface area contributed by atoms with Gasteiger partial charge >= 0.3 is 6.18 Å². The molecule has 1 aromatic heterocycles. The van der Waals surface area contributed by atoms with E-state index in [9.17, 15) is 23.1 Å². The van der Waals surface area contributed by atoms with Crippen molar-refractivity contribution in [3.8, 4) is 11.3 Å². The fourth-order valence-corrected chi connectivity index (χ4v) is 3.00. The number of carbonyl (C=O) groups excluding carboxylic acids is 1. The second-order valence-electron chi connectivity index (χ2n) is 6.03. The molecule has 0 saturated heterocycles. The number of aromatic nitrogens is 1. The van der Waals surface area contributed by atoms with Crippen LogP contribution in [0.2, 0.25) is 0 Å². The Balaban J connectivity index is 1.85. The zero-order valence-electron chi connectivity index (χ0n) is 13.3. The van der Waals surface area contributed by atoms with Gasteiger partial charge in [-0.1, -0.05) is 30.1 Å². The van der Waals surface area contributed by atoms with Gasteiger partial charge < -0.3 is 14.9 Å². The number of carbonyl (C=O) groups is 1. The number of alkyl halides is 3. The van der Waals surface area contributed by atoms with Gasteiger partial charge in [0.2, 0.25) is 0 Å². The maximum Gasteiger partial charge on any atom is 0.416 e. The normalized spacial score (nSPS) is 15.5. The molecule has 3 rings (SSSR count). The van der Waals surface area contributed by atoms with Crippen LogP contribution in [0.4, 0.5) is 13.2 Å². The first-order valence-electron chi connectivity index (χ1n) is 7.98. The zero-order valence-corrected chi connectivity index (χ0v) is 13.3. The topological polar surface area (TPSA) is 75.4 Å². The van der Waals surface area contributed by atoms with E-state index in [4.69, 9.17) is 4.52 Å². The molecule has 1 fully saturated rings. The molecule has 0 radical (unpaired) electrons. The van der Waals surface area contributed by atoms with Gasteiger partial charge in [0.15, 0.2) is 11.5 Å². The van der Waals surface area contributed by atoms with Crippen LogP contribution in [0.3, 0.4) is 0 Å². The molecule has 5 nitrogen and oxygen atoms in total. The molecule has 1 aliphatic carbocycles. The van der Waals surface area contributed by atoms with E-state index in [0.29, 0.717) is 5.56 Å². The van der Waals surface area contributed by atoms with E-state index < -0.39 is 24.3 Å². The molecule has 8 heteroatoms. The molecule has 1 amide bonds. The monoisotopic (exact) mass is 354 g/mol. The predicted octanol–water partition coefficient (Wildman–Crippen LogP) is 3.53. The number of benzene rings is 1. The molecule has 2 aromatic rings. The van der Waals surface area contributed by atoms with Crippen molar-refractivity contribution in [2.24, 2.45) is 0 Å². The number of nitrogens with zero attached hydrogens (tertiary/aromatic N) is 1. The van der Waals surface area contributed by atoms with Crippen LogP contribution in [-0.4, -0.2) is 22.2 Å². The van der Waals surface area contributed by atoms with Gasteiger partial charge in [0.25, 0.3) is 5.91 Å².